The molecule has 1 aromatic rings. The molecule has 1 aromatic carbocycles. The molecule has 0 spiro atoms. The zero-order valence-corrected chi connectivity index (χ0v) is 9.30. The number of amides is 1. The molecule has 3 N–H and O–H groups in total. The molecule has 1 heterocycles. The lowest BCUT2D eigenvalue weighted by atomic mass is 10.1. The Morgan fingerprint density at radius 1 is 1.41 bits per heavy atom. The standard InChI is InChI=1S/C12H14N2O3/c13-10-3-1-2-8(6-10)11(15)14-5-4-9(7-14)12(16)17/h1-3,6,9H,4-5,7,13H2,(H,16,17). The van der Waals surface area contributed by atoms with E-state index in [1.165, 1.54) is 0 Å². The van der Waals surface area contributed by atoms with Crippen molar-refractivity contribution < 1.29 is 14.7 Å². The Hall–Kier alpha value is -2.04. The van der Waals surface area contributed by atoms with E-state index in [0.717, 1.165) is 0 Å². The van der Waals surface area contributed by atoms with Crippen LogP contribution in [0, 0.1) is 5.92 Å². The number of carboxylic acids is 1. The minimum absolute atomic E-state index is 0.152. The summed E-state index contributed by atoms with van der Waals surface area (Å²) in [5.41, 5.74) is 6.65. The van der Waals surface area contributed by atoms with Crippen molar-refractivity contribution in [2.24, 2.45) is 5.92 Å². The summed E-state index contributed by atoms with van der Waals surface area (Å²) in [4.78, 5) is 24.4. The van der Waals surface area contributed by atoms with E-state index in [4.69, 9.17) is 10.8 Å². The monoisotopic (exact) mass is 234 g/mol. The minimum atomic E-state index is -0.840. The average Bonchev–Trinajstić information content (AvgIpc) is 2.77. The molecule has 0 saturated carbocycles. The third-order valence-corrected chi connectivity index (χ3v) is 2.96. The number of likely N-dealkylation sites (tertiary alicyclic amines) is 1. The third kappa shape index (κ3) is 2.38. The molecule has 0 aromatic heterocycles. The van der Waals surface area contributed by atoms with Crippen molar-refractivity contribution in [1.29, 1.82) is 0 Å². The van der Waals surface area contributed by atoms with Gasteiger partial charge in [0.25, 0.3) is 5.91 Å². The number of carbonyl (C=O) groups excluding carboxylic acids is 1. The number of nitrogens with two attached hydrogens (primary N) is 1. The van der Waals surface area contributed by atoms with Crippen molar-refractivity contribution in [2.75, 3.05) is 18.8 Å². The Morgan fingerprint density at radius 3 is 2.76 bits per heavy atom. The molecule has 1 aliphatic heterocycles. The second kappa shape index (κ2) is 4.45. The summed E-state index contributed by atoms with van der Waals surface area (Å²) in [6, 6.07) is 6.72. The van der Waals surface area contributed by atoms with E-state index in [1.54, 1.807) is 29.2 Å². The minimum Gasteiger partial charge on any atom is -0.481 e. The van der Waals surface area contributed by atoms with Crippen LogP contribution in [0.4, 0.5) is 5.69 Å². The summed E-state index contributed by atoms with van der Waals surface area (Å²) in [5.74, 6) is -1.44. The zero-order valence-electron chi connectivity index (χ0n) is 9.30. The van der Waals surface area contributed by atoms with Crippen molar-refractivity contribution in [1.82, 2.24) is 4.90 Å². The Kier molecular flexibility index (Phi) is 2.99. The van der Waals surface area contributed by atoms with Gasteiger partial charge in [0.1, 0.15) is 0 Å². The lowest BCUT2D eigenvalue weighted by Crippen LogP contribution is -2.29. The van der Waals surface area contributed by atoms with E-state index in [9.17, 15) is 9.59 Å². The van der Waals surface area contributed by atoms with E-state index < -0.39 is 11.9 Å². The summed E-state index contributed by atoms with van der Waals surface area (Å²) in [6.07, 6.45) is 0.517. The number of nitrogens with zero attached hydrogens (tertiary/aromatic N) is 1. The first-order valence-corrected chi connectivity index (χ1v) is 5.45. The second-order valence-electron chi connectivity index (χ2n) is 4.20. The number of hydrogen-bond donors (Lipinski definition) is 2. The quantitative estimate of drug-likeness (QED) is 0.742. The second-order valence-corrected chi connectivity index (χ2v) is 4.20. The summed E-state index contributed by atoms with van der Waals surface area (Å²) in [7, 11) is 0. The van der Waals surface area contributed by atoms with Gasteiger partial charge < -0.3 is 15.7 Å². The Bertz CT molecular complexity index is 459. The molecule has 5 heteroatoms. The molecule has 1 atom stereocenters. The highest BCUT2D eigenvalue weighted by Gasteiger charge is 2.31. The SMILES string of the molecule is Nc1cccc(C(=O)N2CCC(C(=O)O)C2)c1. The maximum atomic E-state index is 12.0. The fourth-order valence-electron chi connectivity index (χ4n) is 2.00. The maximum Gasteiger partial charge on any atom is 0.308 e. The van der Waals surface area contributed by atoms with Crippen LogP contribution < -0.4 is 5.73 Å². The molecule has 0 bridgehead atoms. The first-order valence-electron chi connectivity index (χ1n) is 5.45. The van der Waals surface area contributed by atoms with E-state index in [2.05, 4.69) is 0 Å². The fraction of sp³-hybridized carbons (Fsp3) is 0.333. The number of hydrogen-bond acceptors (Lipinski definition) is 3. The number of anilines is 1. The van der Waals surface area contributed by atoms with Gasteiger partial charge >= 0.3 is 5.97 Å². The highest BCUT2D eigenvalue weighted by atomic mass is 16.4. The van der Waals surface area contributed by atoms with Crippen LogP contribution in [-0.4, -0.2) is 35.0 Å². The van der Waals surface area contributed by atoms with Gasteiger partial charge in [0, 0.05) is 24.3 Å². The summed E-state index contributed by atoms with van der Waals surface area (Å²) < 4.78 is 0. The van der Waals surface area contributed by atoms with Crippen LogP contribution in [-0.2, 0) is 4.79 Å². The van der Waals surface area contributed by atoms with Crippen molar-refractivity contribution >= 4 is 17.6 Å². The molecule has 2 rings (SSSR count). The summed E-state index contributed by atoms with van der Waals surface area (Å²) >= 11 is 0. The predicted octanol–water partition coefficient (Wildman–Crippen LogP) is 0.816. The van der Waals surface area contributed by atoms with Gasteiger partial charge in [-0.2, -0.15) is 0 Å². The van der Waals surface area contributed by atoms with Crippen molar-refractivity contribution in [3.63, 3.8) is 0 Å². The van der Waals surface area contributed by atoms with Gasteiger partial charge in [-0.1, -0.05) is 6.07 Å². The molecule has 90 valence electrons. The van der Waals surface area contributed by atoms with E-state index in [1.807, 2.05) is 0 Å². The molecule has 1 aliphatic rings. The average molecular weight is 234 g/mol. The van der Waals surface area contributed by atoms with Gasteiger partial charge in [-0.25, -0.2) is 0 Å². The van der Waals surface area contributed by atoms with Crippen molar-refractivity contribution in [3.05, 3.63) is 29.8 Å². The Labute approximate surface area is 98.8 Å². The van der Waals surface area contributed by atoms with Crippen LogP contribution in [0.15, 0.2) is 24.3 Å². The van der Waals surface area contributed by atoms with Crippen LogP contribution in [0.1, 0.15) is 16.8 Å². The smallest absolute Gasteiger partial charge is 0.308 e. The van der Waals surface area contributed by atoms with Crippen molar-refractivity contribution in [3.8, 4) is 0 Å². The summed E-state index contributed by atoms with van der Waals surface area (Å²) in [6.45, 7) is 0.771. The number of carbonyl (C=O) groups is 2. The van der Waals surface area contributed by atoms with Gasteiger partial charge in [0.2, 0.25) is 0 Å². The van der Waals surface area contributed by atoms with Gasteiger partial charge in [-0.05, 0) is 24.6 Å². The largest absolute Gasteiger partial charge is 0.481 e. The van der Waals surface area contributed by atoms with Crippen LogP contribution in [0.2, 0.25) is 0 Å². The number of aliphatic carboxylic acids is 1. The molecule has 5 nitrogen and oxygen atoms in total. The maximum absolute atomic E-state index is 12.0. The highest BCUT2D eigenvalue weighted by molar-refractivity contribution is 5.95. The van der Waals surface area contributed by atoms with Crippen LogP contribution in [0.3, 0.4) is 0 Å². The van der Waals surface area contributed by atoms with Gasteiger partial charge in [0.15, 0.2) is 0 Å². The molecular weight excluding hydrogens is 220 g/mol. The Balaban J connectivity index is 2.09. The van der Waals surface area contributed by atoms with E-state index >= 15 is 0 Å². The van der Waals surface area contributed by atoms with E-state index in [-0.39, 0.29) is 12.5 Å². The van der Waals surface area contributed by atoms with E-state index in [0.29, 0.717) is 24.2 Å². The molecule has 0 aliphatic carbocycles. The lowest BCUT2D eigenvalue weighted by molar-refractivity contribution is -0.141. The van der Waals surface area contributed by atoms with Gasteiger partial charge in [0.05, 0.1) is 5.92 Å². The molecule has 1 unspecified atom stereocenters. The zero-order chi connectivity index (χ0) is 12.4. The molecular formula is C12H14N2O3. The Morgan fingerprint density at radius 2 is 2.18 bits per heavy atom. The lowest BCUT2D eigenvalue weighted by Gasteiger charge is -2.15. The van der Waals surface area contributed by atoms with Gasteiger partial charge in [-0.3, -0.25) is 9.59 Å². The van der Waals surface area contributed by atoms with Crippen LogP contribution >= 0.6 is 0 Å². The summed E-state index contributed by atoms with van der Waals surface area (Å²) in [5, 5.41) is 8.87. The van der Waals surface area contributed by atoms with Crippen LogP contribution in [0.5, 0.6) is 0 Å². The first-order chi connectivity index (χ1) is 8.08. The number of carboxylic acid groups (broad SMARTS) is 1. The van der Waals surface area contributed by atoms with Crippen molar-refractivity contribution in [2.45, 2.75) is 6.42 Å². The molecule has 1 amide bonds. The normalized spacial score (nSPS) is 19.3. The highest BCUT2D eigenvalue weighted by Crippen LogP contribution is 2.19. The molecule has 0 radical (unpaired) electrons. The number of nitrogen functional groups attached to an aromatic ring is 1. The molecule has 1 fully saturated rings. The van der Waals surface area contributed by atoms with Gasteiger partial charge in [-0.15, -0.1) is 0 Å². The number of benzene rings is 1. The fourth-order valence-corrected chi connectivity index (χ4v) is 2.00. The third-order valence-electron chi connectivity index (χ3n) is 2.96. The topological polar surface area (TPSA) is 83.6 Å². The predicted molar refractivity (Wildman–Crippen MR) is 62.5 cm³/mol. The number of rotatable bonds is 2. The molecule has 17 heavy (non-hydrogen) atoms. The first kappa shape index (κ1) is 11.4. The van der Waals surface area contributed by atoms with Crippen LogP contribution in [0.25, 0.3) is 0 Å². The molecule has 1 saturated heterocycles.